The Labute approximate surface area is 202 Å². The van der Waals surface area contributed by atoms with E-state index >= 15 is 0 Å². The van der Waals surface area contributed by atoms with Gasteiger partial charge in [-0.1, -0.05) is 57.5 Å². The first kappa shape index (κ1) is 25.0. The lowest BCUT2D eigenvalue weighted by Crippen LogP contribution is -2.41. The molecule has 2 N–H and O–H groups in total. The molecule has 3 aromatic rings. The highest BCUT2D eigenvalue weighted by Crippen LogP contribution is 2.26. The minimum absolute atomic E-state index is 0.0601. The number of anilines is 2. The van der Waals surface area contributed by atoms with Crippen molar-refractivity contribution in [2.24, 2.45) is 0 Å². The molecule has 0 radical (unpaired) electrons. The van der Waals surface area contributed by atoms with Crippen LogP contribution in [0.1, 0.15) is 50.9 Å². The average Bonchev–Trinajstić information content (AvgIpc) is 3.19. The van der Waals surface area contributed by atoms with Crippen molar-refractivity contribution in [2.75, 3.05) is 23.7 Å². The fourth-order valence-corrected chi connectivity index (χ4v) is 3.51. The first-order valence-corrected chi connectivity index (χ1v) is 11.7. The van der Waals surface area contributed by atoms with Crippen molar-refractivity contribution in [2.45, 2.75) is 53.4 Å². The van der Waals surface area contributed by atoms with E-state index in [-0.39, 0.29) is 23.9 Å². The molecule has 0 bridgehead atoms. The number of nitrogens with one attached hydrogen (secondary N) is 2. The average molecular weight is 462 g/mol. The third kappa shape index (κ3) is 6.47. The molecule has 0 unspecified atom stereocenters. The van der Waals surface area contributed by atoms with Gasteiger partial charge in [-0.2, -0.15) is 5.10 Å². The summed E-state index contributed by atoms with van der Waals surface area (Å²) in [7, 11) is 0. The quantitative estimate of drug-likeness (QED) is 0.476. The summed E-state index contributed by atoms with van der Waals surface area (Å²) in [6.07, 6.45) is 0.740. The fraction of sp³-hybridized carbons (Fsp3) is 0.370. The maximum atomic E-state index is 13.0. The van der Waals surface area contributed by atoms with Crippen LogP contribution in [0.3, 0.4) is 0 Å². The summed E-state index contributed by atoms with van der Waals surface area (Å²) in [5, 5.41) is 10.6. The zero-order valence-corrected chi connectivity index (χ0v) is 21.0. The largest absolute Gasteiger partial charge is 0.322 e. The Morgan fingerprint density at radius 2 is 1.68 bits per heavy atom. The van der Waals surface area contributed by atoms with Crippen molar-refractivity contribution < 1.29 is 9.59 Å². The van der Waals surface area contributed by atoms with Crippen LogP contribution in [-0.4, -0.2) is 39.7 Å². The van der Waals surface area contributed by atoms with Gasteiger partial charge in [-0.05, 0) is 50.1 Å². The minimum atomic E-state index is -0.302. The first-order chi connectivity index (χ1) is 16.1. The van der Waals surface area contributed by atoms with Gasteiger partial charge < -0.3 is 15.5 Å². The summed E-state index contributed by atoms with van der Waals surface area (Å²) in [5.41, 5.74) is 4.47. The van der Waals surface area contributed by atoms with Gasteiger partial charge in [-0.15, -0.1) is 0 Å². The number of carbonyl (C=O) groups excluding carboxylic acids is 2. The number of urea groups is 1. The zero-order chi connectivity index (χ0) is 24.9. The molecule has 2 aromatic carbocycles. The van der Waals surface area contributed by atoms with Crippen molar-refractivity contribution in [1.29, 1.82) is 0 Å². The van der Waals surface area contributed by atoms with Crippen LogP contribution in [0.4, 0.5) is 16.3 Å². The second kappa shape index (κ2) is 10.5. The van der Waals surface area contributed by atoms with Gasteiger partial charge in [0, 0.05) is 23.7 Å². The van der Waals surface area contributed by atoms with E-state index in [1.54, 1.807) is 4.68 Å². The summed E-state index contributed by atoms with van der Waals surface area (Å²) in [6, 6.07) is 17.1. The number of amides is 3. The summed E-state index contributed by atoms with van der Waals surface area (Å²) in [5.74, 6) is 0.303. The highest BCUT2D eigenvalue weighted by molar-refractivity contribution is 5.96. The van der Waals surface area contributed by atoms with E-state index in [4.69, 9.17) is 5.10 Å². The van der Waals surface area contributed by atoms with Crippen LogP contribution < -0.4 is 10.6 Å². The molecule has 7 heteroatoms. The molecule has 0 aliphatic carbocycles. The Morgan fingerprint density at radius 3 is 2.29 bits per heavy atom. The maximum absolute atomic E-state index is 13.0. The third-order valence-corrected chi connectivity index (χ3v) is 5.41. The fourth-order valence-electron chi connectivity index (χ4n) is 3.51. The van der Waals surface area contributed by atoms with Crippen LogP contribution in [-0.2, 0) is 10.2 Å². The zero-order valence-electron chi connectivity index (χ0n) is 21.0. The van der Waals surface area contributed by atoms with Crippen LogP contribution in [0.15, 0.2) is 54.6 Å². The van der Waals surface area contributed by atoms with Crippen molar-refractivity contribution in [3.8, 4) is 5.69 Å². The third-order valence-electron chi connectivity index (χ3n) is 5.41. The Morgan fingerprint density at radius 1 is 0.971 bits per heavy atom. The summed E-state index contributed by atoms with van der Waals surface area (Å²) < 4.78 is 1.75. The van der Waals surface area contributed by atoms with E-state index < -0.39 is 0 Å². The number of benzene rings is 2. The first-order valence-electron chi connectivity index (χ1n) is 11.7. The van der Waals surface area contributed by atoms with Crippen molar-refractivity contribution in [3.05, 3.63) is 71.4 Å². The van der Waals surface area contributed by atoms with Crippen molar-refractivity contribution in [3.63, 3.8) is 0 Å². The molecule has 180 valence electrons. The van der Waals surface area contributed by atoms with Crippen LogP contribution in [0, 0.1) is 13.8 Å². The molecule has 1 aromatic heterocycles. The van der Waals surface area contributed by atoms with E-state index in [0.717, 1.165) is 28.9 Å². The SMILES string of the molecule is CCCN(CC(=O)Nc1cc(C(C)(C)C)nn1-c1cccc(C)c1)C(=O)Nc1ccc(C)cc1. The van der Waals surface area contributed by atoms with Gasteiger partial charge in [-0.3, -0.25) is 4.79 Å². The molecule has 7 nitrogen and oxygen atoms in total. The number of rotatable bonds is 7. The number of aromatic nitrogens is 2. The normalized spacial score (nSPS) is 11.2. The molecular weight excluding hydrogens is 426 g/mol. The molecule has 0 atom stereocenters. The highest BCUT2D eigenvalue weighted by atomic mass is 16.2. The predicted octanol–water partition coefficient (Wildman–Crippen LogP) is 5.67. The number of carbonyl (C=O) groups is 2. The van der Waals surface area contributed by atoms with E-state index in [1.165, 1.54) is 4.90 Å². The van der Waals surface area contributed by atoms with E-state index in [0.29, 0.717) is 18.1 Å². The van der Waals surface area contributed by atoms with Gasteiger partial charge >= 0.3 is 6.03 Å². The van der Waals surface area contributed by atoms with Crippen LogP contribution in [0.5, 0.6) is 0 Å². The Balaban J connectivity index is 1.79. The van der Waals surface area contributed by atoms with Crippen LogP contribution in [0.2, 0.25) is 0 Å². The van der Waals surface area contributed by atoms with Crippen LogP contribution >= 0.6 is 0 Å². The van der Waals surface area contributed by atoms with Gasteiger partial charge in [0.25, 0.3) is 0 Å². The standard InChI is InChI=1S/C27H35N5O2/c1-7-15-31(26(34)28-21-13-11-19(2)12-14-21)18-25(33)29-24-17-23(27(4,5)6)30-32(24)22-10-8-9-20(3)16-22/h8-14,16-17H,7,15,18H2,1-6H3,(H,28,34)(H,29,33). The molecule has 0 saturated heterocycles. The lowest BCUT2D eigenvalue weighted by atomic mass is 9.92. The van der Waals surface area contributed by atoms with E-state index in [9.17, 15) is 9.59 Å². The Bertz CT molecular complexity index is 1140. The smallest absolute Gasteiger partial charge is 0.315 e. The molecule has 0 spiro atoms. The molecule has 3 rings (SSSR count). The van der Waals surface area contributed by atoms with Gasteiger partial charge in [0.15, 0.2) is 0 Å². The van der Waals surface area contributed by atoms with Gasteiger partial charge in [0.05, 0.1) is 11.4 Å². The number of hydrogen-bond acceptors (Lipinski definition) is 3. The topological polar surface area (TPSA) is 79.3 Å². The molecule has 0 fully saturated rings. The van der Waals surface area contributed by atoms with Gasteiger partial charge in [0.2, 0.25) is 5.91 Å². The number of aryl methyl sites for hydroxylation is 2. The lowest BCUT2D eigenvalue weighted by molar-refractivity contribution is -0.116. The summed E-state index contributed by atoms with van der Waals surface area (Å²) in [4.78, 5) is 27.4. The molecule has 34 heavy (non-hydrogen) atoms. The summed E-state index contributed by atoms with van der Waals surface area (Å²) in [6.45, 7) is 12.6. The molecule has 0 aliphatic heterocycles. The molecule has 0 saturated carbocycles. The summed E-state index contributed by atoms with van der Waals surface area (Å²) >= 11 is 0. The molecule has 3 amide bonds. The van der Waals surface area contributed by atoms with Gasteiger partial charge in [-0.25, -0.2) is 9.48 Å². The van der Waals surface area contributed by atoms with E-state index in [2.05, 4.69) is 31.4 Å². The maximum Gasteiger partial charge on any atom is 0.322 e. The second-order valence-electron chi connectivity index (χ2n) is 9.68. The van der Waals surface area contributed by atoms with Gasteiger partial charge in [0.1, 0.15) is 12.4 Å². The highest BCUT2D eigenvalue weighted by Gasteiger charge is 2.23. The minimum Gasteiger partial charge on any atom is -0.315 e. The van der Waals surface area contributed by atoms with Crippen molar-refractivity contribution in [1.82, 2.24) is 14.7 Å². The molecule has 0 aliphatic rings. The monoisotopic (exact) mass is 461 g/mol. The predicted molar refractivity (Wildman–Crippen MR) is 138 cm³/mol. The Hall–Kier alpha value is -3.61. The lowest BCUT2D eigenvalue weighted by Gasteiger charge is -2.22. The van der Waals surface area contributed by atoms with Crippen molar-refractivity contribution >= 4 is 23.4 Å². The molecule has 1 heterocycles. The molecular formula is C27H35N5O2. The second-order valence-corrected chi connectivity index (χ2v) is 9.68. The number of nitrogens with zero attached hydrogens (tertiary/aromatic N) is 3. The van der Waals surface area contributed by atoms with E-state index in [1.807, 2.05) is 75.4 Å². The van der Waals surface area contributed by atoms with Crippen LogP contribution in [0.25, 0.3) is 5.69 Å². The Kier molecular flexibility index (Phi) is 7.76. The number of hydrogen-bond donors (Lipinski definition) is 2.